The van der Waals surface area contributed by atoms with E-state index in [2.05, 4.69) is 9.97 Å². The molecule has 0 amide bonds. The summed E-state index contributed by atoms with van der Waals surface area (Å²) in [4.78, 5) is 8.32. The molecule has 14 heavy (non-hydrogen) atoms. The number of halogens is 2. The fourth-order valence-electron chi connectivity index (χ4n) is 1.00. The summed E-state index contributed by atoms with van der Waals surface area (Å²) in [5, 5.41) is 3.35. The van der Waals surface area contributed by atoms with Crippen LogP contribution in [0.2, 0.25) is 5.15 Å². The lowest BCUT2D eigenvalue weighted by Gasteiger charge is -1.94. The van der Waals surface area contributed by atoms with Crippen molar-refractivity contribution in [2.45, 2.75) is 5.88 Å². The highest BCUT2D eigenvalue weighted by atomic mass is 35.5. The number of hydrogen-bond donors (Lipinski definition) is 0. The van der Waals surface area contributed by atoms with E-state index in [0.717, 1.165) is 16.3 Å². The second-order valence-corrected chi connectivity index (χ2v) is 4.16. The maximum absolute atomic E-state index is 5.68. The average molecular weight is 245 g/mol. The molecule has 0 N–H and O–H groups in total. The number of nitrogens with zero attached hydrogens (tertiary/aromatic N) is 2. The van der Waals surface area contributed by atoms with Gasteiger partial charge >= 0.3 is 0 Å². The molecule has 0 atom stereocenters. The average Bonchev–Trinajstić information content (AvgIpc) is 2.67. The van der Waals surface area contributed by atoms with Gasteiger partial charge in [0.15, 0.2) is 0 Å². The zero-order chi connectivity index (χ0) is 9.97. The van der Waals surface area contributed by atoms with E-state index in [0.29, 0.717) is 11.0 Å². The molecule has 0 bridgehead atoms. The van der Waals surface area contributed by atoms with E-state index in [4.69, 9.17) is 23.2 Å². The standard InChI is InChI=1S/C9H6Cl2N2S/c10-3-7-5-14-9(13-7)6-1-2-8(11)12-4-6/h1-2,4-5H,3H2. The normalized spacial score (nSPS) is 10.4. The van der Waals surface area contributed by atoms with Crippen LogP contribution < -0.4 is 0 Å². The molecular weight excluding hydrogens is 239 g/mol. The summed E-state index contributed by atoms with van der Waals surface area (Å²) in [7, 11) is 0. The number of aromatic nitrogens is 2. The number of hydrogen-bond acceptors (Lipinski definition) is 3. The first kappa shape index (κ1) is 9.90. The first-order chi connectivity index (χ1) is 6.79. The predicted molar refractivity (Wildman–Crippen MR) is 59.9 cm³/mol. The minimum atomic E-state index is 0.442. The lowest BCUT2D eigenvalue weighted by Crippen LogP contribution is -1.81. The molecule has 0 fully saturated rings. The van der Waals surface area contributed by atoms with Crippen LogP contribution in [0.5, 0.6) is 0 Å². The van der Waals surface area contributed by atoms with E-state index in [1.807, 2.05) is 11.4 Å². The maximum Gasteiger partial charge on any atom is 0.129 e. The molecular formula is C9H6Cl2N2S. The molecule has 0 unspecified atom stereocenters. The Labute approximate surface area is 95.5 Å². The molecule has 0 spiro atoms. The molecule has 72 valence electrons. The van der Waals surface area contributed by atoms with Crippen molar-refractivity contribution in [3.8, 4) is 10.6 Å². The third-order valence-corrected chi connectivity index (χ3v) is 3.10. The summed E-state index contributed by atoms with van der Waals surface area (Å²) in [6.45, 7) is 0. The Morgan fingerprint density at radius 3 is 2.79 bits per heavy atom. The van der Waals surface area contributed by atoms with E-state index in [1.54, 1.807) is 23.6 Å². The lowest BCUT2D eigenvalue weighted by molar-refractivity contribution is 1.22. The SMILES string of the molecule is ClCc1csc(-c2ccc(Cl)nc2)n1. The molecule has 0 radical (unpaired) electrons. The highest BCUT2D eigenvalue weighted by Gasteiger charge is 2.03. The van der Waals surface area contributed by atoms with Gasteiger partial charge in [0.25, 0.3) is 0 Å². The Morgan fingerprint density at radius 1 is 1.36 bits per heavy atom. The molecule has 0 aliphatic rings. The Balaban J connectivity index is 2.34. The van der Waals surface area contributed by atoms with Crippen molar-refractivity contribution in [2.75, 3.05) is 0 Å². The number of alkyl halides is 1. The molecule has 2 nitrogen and oxygen atoms in total. The summed E-state index contributed by atoms with van der Waals surface area (Å²) >= 11 is 12.9. The third kappa shape index (κ3) is 2.05. The molecule has 0 saturated carbocycles. The van der Waals surface area contributed by atoms with Gasteiger partial charge in [0, 0.05) is 17.1 Å². The summed E-state index contributed by atoms with van der Waals surface area (Å²) in [5.41, 5.74) is 1.86. The quantitative estimate of drug-likeness (QED) is 0.596. The molecule has 2 rings (SSSR count). The summed E-state index contributed by atoms with van der Waals surface area (Å²) in [6, 6.07) is 3.64. The largest absolute Gasteiger partial charge is 0.244 e. The fraction of sp³-hybridized carbons (Fsp3) is 0.111. The van der Waals surface area contributed by atoms with E-state index in [1.165, 1.54) is 0 Å². The summed E-state index contributed by atoms with van der Waals surface area (Å²) in [5.74, 6) is 0.442. The molecule has 0 aliphatic carbocycles. The van der Waals surface area contributed by atoms with Gasteiger partial charge < -0.3 is 0 Å². The zero-order valence-electron chi connectivity index (χ0n) is 7.08. The molecule has 2 aromatic heterocycles. The molecule has 0 aromatic carbocycles. The van der Waals surface area contributed by atoms with Crippen LogP contribution in [0.1, 0.15) is 5.69 Å². The number of rotatable bonds is 2. The van der Waals surface area contributed by atoms with Crippen LogP contribution in [0.3, 0.4) is 0 Å². The van der Waals surface area contributed by atoms with Crippen LogP contribution in [-0.4, -0.2) is 9.97 Å². The van der Waals surface area contributed by atoms with E-state index in [9.17, 15) is 0 Å². The first-order valence-corrected chi connectivity index (χ1v) is 5.71. The number of pyridine rings is 1. The van der Waals surface area contributed by atoms with Crippen LogP contribution >= 0.6 is 34.5 Å². The second-order valence-electron chi connectivity index (χ2n) is 2.65. The van der Waals surface area contributed by atoms with Gasteiger partial charge in [-0.3, -0.25) is 0 Å². The van der Waals surface area contributed by atoms with Crippen molar-refractivity contribution in [1.82, 2.24) is 9.97 Å². The zero-order valence-corrected chi connectivity index (χ0v) is 9.40. The molecule has 2 aromatic rings. The summed E-state index contributed by atoms with van der Waals surface area (Å²) in [6.07, 6.45) is 1.71. The highest BCUT2D eigenvalue weighted by molar-refractivity contribution is 7.13. The number of thiazole rings is 1. The summed E-state index contributed by atoms with van der Waals surface area (Å²) < 4.78 is 0. The minimum Gasteiger partial charge on any atom is -0.244 e. The van der Waals surface area contributed by atoms with Gasteiger partial charge in [0.1, 0.15) is 10.2 Å². The molecule has 0 saturated heterocycles. The van der Waals surface area contributed by atoms with Gasteiger partial charge in [0.05, 0.1) is 11.6 Å². The lowest BCUT2D eigenvalue weighted by atomic mass is 10.3. The van der Waals surface area contributed by atoms with Gasteiger partial charge in [-0.15, -0.1) is 22.9 Å². The van der Waals surface area contributed by atoms with Crippen molar-refractivity contribution in [3.05, 3.63) is 34.6 Å². The van der Waals surface area contributed by atoms with Gasteiger partial charge in [0.2, 0.25) is 0 Å². The minimum absolute atomic E-state index is 0.442. The van der Waals surface area contributed by atoms with Crippen LogP contribution in [0.15, 0.2) is 23.7 Å². The van der Waals surface area contributed by atoms with Crippen LogP contribution in [-0.2, 0) is 5.88 Å². The molecule has 0 aliphatic heterocycles. The van der Waals surface area contributed by atoms with Gasteiger partial charge in [-0.2, -0.15) is 0 Å². The van der Waals surface area contributed by atoms with Crippen molar-refractivity contribution in [2.24, 2.45) is 0 Å². The third-order valence-electron chi connectivity index (χ3n) is 1.66. The van der Waals surface area contributed by atoms with Crippen molar-refractivity contribution >= 4 is 34.5 Å². The van der Waals surface area contributed by atoms with Crippen molar-refractivity contribution in [3.63, 3.8) is 0 Å². The second kappa shape index (κ2) is 4.26. The van der Waals surface area contributed by atoms with E-state index < -0.39 is 0 Å². The van der Waals surface area contributed by atoms with Gasteiger partial charge in [-0.25, -0.2) is 9.97 Å². The van der Waals surface area contributed by atoms with Gasteiger partial charge in [-0.1, -0.05) is 11.6 Å². The maximum atomic E-state index is 5.68. The Kier molecular flexibility index (Phi) is 3.01. The van der Waals surface area contributed by atoms with E-state index in [-0.39, 0.29) is 0 Å². The molecule has 5 heteroatoms. The first-order valence-electron chi connectivity index (χ1n) is 3.92. The van der Waals surface area contributed by atoms with Crippen LogP contribution in [0, 0.1) is 0 Å². The Morgan fingerprint density at radius 2 is 2.21 bits per heavy atom. The topological polar surface area (TPSA) is 25.8 Å². The van der Waals surface area contributed by atoms with E-state index >= 15 is 0 Å². The highest BCUT2D eigenvalue weighted by Crippen LogP contribution is 2.24. The van der Waals surface area contributed by atoms with Crippen molar-refractivity contribution in [1.29, 1.82) is 0 Å². The van der Waals surface area contributed by atoms with Crippen LogP contribution in [0.4, 0.5) is 0 Å². The fourth-order valence-corrected chi connectivity index (χ4v) is 2.15. The van der Waals surface area contributed by atoms with Crippen LogP contribution in [0.25, 0.3) is 10.6 Å². The van der Waals surface area contributed by atoms with Crippen molar-refractivity contribution < 1.29 is 0 Å². The smallest absolute Gasteiger partial charge is 0.129 e. The van der Waals surface area contributed by atoms with Gasteiger partial charge in [-0.05, 0) is 12.1 Å². The Bertz CT molecular complexity index is 425. The Hall–Kier alpha value is -0.640. The molecule has 2 heterocycles. The monoisotopic (exact) mass is 244 g/mol. The predicted octanol–water partition coefficient (Wildman–Crippen LogP) is 3.60.